The molecule has 0 saturated heterocycles. The van der Waals surface area contributed by atoms with Gasteiger partial charge in [-0.2, -0.15) is 0 Å². The molecule has 4 rings (SSSR count). The van der Waals surface area contributed by atoms with Crippen LogP contribution in [0.3, 0.4) is 0 Å². The van der Waals surface area contributed by atoms with Gasteiger partial charge in [0.1, 0.15) is 0 Å². The van der Waals surface area contributed by atoms with Gasteiger partial charge >= 0.3 is 0 Å². The maximum absolute atomic E-state index is 12.1. The average Bonchev–Trinajstić information content (AvgIpc) is 2.85. The third-order valence-electron chi connectivity index (χ3n) is 4.56. The lowest BCUT2D eigenvalue weighted by Crippen LogP contribution is -2.31. The van der Waals surface area contributed by atoms with Crippen molar-refractivity contribution in [2.24, 2.45) is 0 Å². The van der Waals surface area contributed by atoms with Crippen LogP contribution < -0.4 is 4.90 Å². The van der Waals surface area contributed by atoms with Crippen molar-refractivity contribution in [1.82, 2.24) is 0 Å². The Balaban J connectivity index is 1.89. The van der Waals surface area contributed by atoms with Crippen molar-refractivity contribution in [3.63, 3.8) is 0 Å². The van der Waals surface area contributed by atoms with E-state index in [1.165, 1.54) is 5.56 Å². The van der Waals surface area contributed by atoms with Crippen LogP contribution in [0.4, 0.5) is 5.69 Å². The van der Waals surface area contributed by atoms with E-state index in [1.807, 2.05) is 17.0 Å². The highest BCUT2D eigenvalue weighted by Gasteiger charge is 2.32. The van der Waals surface area contributed by atoms with Gasteiger partial charge in [0.05, 0.1) is 18.7 Å². The predicted molar refractivity (Wildman–Crippen MR) is 87.2 cm³/mol. The number of carbonyl (C=O) groups is 1. The van der Waals surface area contributed by atoms with E-state index >= 15 is 0 Å². The van der Waals surface area contributed by atoms with Crippen molar-refractivity contribution >= 4 is 23.2 Å². The molecule has 4 heteroatoms. The van der Waals surface area contributed by atoms with Gasteiger partial charge in [0, 0.05) is 11.6 Å². The first-order valence-corrected chi connectivity index (χ1v) is 7.91. The summed E-state index contributed by atoms with van der Waals surface area (Å²) in [5.41, 5.74) is 6.34. The van der Waals surface area contributed by atoms with E-state index in [1.54, 1.807) is 6.07 Å². The summed E-state index contributed by atoms with van der Waals surface area (Å²) in [6.07, 6.45) is 2.50. The molecule has 2 aliphatic rings. The molecule has 22 heavy (non-hydrogen) atoms. The molecule has 0 fully saturated rings. The first kappa shape index (κ1) is 13.8. The van der Waals surface area contributed by atoms with Gasteiger partial charge in [-0.05, 0) is 64.9 Å². The standard InChI is InChI=1S/C18H16ClNO2/c19-15-3-4-16(14(8-15)10-21)12-6-11-2-1-5-20-17(22)9-13(7-12)18(11)20/h3-4,6-8,21H,1-2,5,9-10H2. The smallest absolute Gasteiger partial charge is 0.231 e. The molecule has 2 aliphatic heterocycles. The summed E-state index contributed by atoms with van der Waals surface area (Å²) >= 11 is 6.02. The number of anilines is 1. The molecular formula is C18H16ClNO2. The average molecular weight is 314 g/mol. The zero-order valence-corrected chi connectivity index (χ0v) is 12.9. The van der Waals surface area contributed by atoms with Gasteiger partial charge < -0.3 is 10.0 Å². The zero-order chi connectivity index (χ0) is 15.3. The number of hydrogen-bond donors (Lipinski definition) is 1. The molecule has 2 aromatic carbocycles. The number of benzene rings is 2. The van der Waals surface area contributed by atoms with E-state index < -0.39 is 0 Å². The summed E-state index contributed by atoms with van der Waals surface area (Å²) in [6.45, 7) is 0.786. The Morgan fingerprint density at radius 3 is 2.82 bits per heavy atom. The van der Waals surface area contributed by atoms with E-state index in [2.05, 4.69) is 12.1 Å². The van der Waals surface area contributed by atoms with Gasteiger partial charge in [-0.25, -0.2) is 0 Å². The summed E-state index contributed by atoms with van der Waals surface area (Å²) < 4.78 is 0. The van der Waals surface area contributed by atoms with E-state index in [0.717, 1.165) is 47.3 Å². The molecule has 2 aromatic rings. The zero-order valence-electron chi connectivity index (χ0n) is 12.1. The largest absolute Gasteiger partial charge is 0.392 e. The second-order valence-corrected chi connectivity index (χ2v) is 6.36. The Kier molecular flexibility index (Phi) is 3.21. The Hall–Kier alpha value is -1.84. The maximum atomic E-state index is 12.1. The van der Waals surface area contributed by atoms with Crippen molar-refractivity contribution in [1.29, 1.82) is 0 Å². The highest BCUT2D eigenvalue weighted by molar-refractivity contribution is 6.30. The summed E-state index contributed by atoms with van der Waals surface area (Å²) in [4.78, 5) is 14.1. The molecular weight excluding hydrogens is 298 g/mol. The molecule has 0 unspecified atom stereocenters. The number of hydrogen-bond acceptors (Lipinski definition) is 2. The lowest BCUT2D eigenvalue weighted by molar-refractivity contribution is -0.117. The van der Waals surface area contributed by atoms with Crippen LogP contribution in [0.5, 0.6) is 0 Å². The maximum Gasteiger partial charge on any atom is 0.231 e. The summed E-state index contributed by atoms with van der Waals surface area (Å²) in [6, 6.07) is 9.83. The van der Waals surface area contributed by atoms with Crippen molar-refractivity contribution in [3.05, 3.63) is 52.0 Å². The molecule has 0 atom stereocenters. The Morgan fingerprint density at radius 2 is 2.00 bits per heavy atom. The van der Waals surface area contributed by atoms with Crippen molar-refractivity contribution in [2.45, 2.75) is 25.9 Å². The van der Waals surface area contributed by atoms with Crippen LogP contribution in [-0.4, -0.2) is 17.6 Å². The summed E-state index contributed by atoms with van der Waals surface area (Å²) in [5, 5.41) is 10.2. The Bertz CT molecular complexity index is 785. The van der Waals surface area contributed by atoms with Gasteiger partial charge in [0.2, 0.25) is 5.91 Å². The minimum absolute atomic E-state index is 0.0482. The van der Waals surface area contributed by atoms with Gasteiger partial charge in [0.15, 0.2) is 0 Å². The molecule has 2 heterocycles. The van der Waals surface area contributed by atoms with E-state index in [0.29, 0.717) is 11.4 Å². The molecule has 0 spiro atoms. The molecule has 1 amide bonds. The third kappa shape index (κ3) is 2.04. The highest BCUT2D eigenvalue weighted by atomic mass is 35.5. The fraction of sp³-hybridized carbons (Fsp3) is 0.278. The number of aliphatic hydroxyl groups is 1. The first-order valence-electron chi connectivity index (χ1n) is 7.53. The minimum Gasteiger partial charge on any atom is -0.392 e. The lowest BCUT2D eigenvalue weighted by Gasteiger charge is -2.26. The fourth-order valence-electron chi connectivity index (χ4n) is 3.61. The highest BCUT2D eigenvalue weighted by Crippen LogP contribution is 2.40. The van der Waals surface area contributed by atoms with Crippen LogP contribution in [0.2, 0.25) is 5.02 Å². The van der Waals surface area contributed by atoms with Gasteiger partial charge in [-0.3, -0.25) is 4.79 Å². The van der Waals surface area contributed by atoms with E-state index in [-0.39, 0.29) is 12.5 Å². The molecule has 1 N–H and O–H groups in total. The number of aryl methyl sites for hydroxylation is 1. The molecule has 0 aliphatic carbocycles. The minimum atomic E-state index is -0.0482. The molecule has 0 aromatic heterocycles. The number of carbonyl (C=O) groups excluding carboxylic acids is 1. The molecule has 0 bridgehead atoms. The van der Waals surface area contributed by atoms with E-state index in [9.17, 15) is 9.90 Å². The molecule has 0 radical (unpaired) electrons. The van der Waals surface area contributed by atoms with Crippen LogP contribution in [0.1, 0.15) is 23.1 Å². The van der Waals surface area contributed by atoms with Crippen LogP contribution >= 0.6 is 11.6 Å². The predicted octanol–water partition coefficient (Wildman–Crippen LogP) is 3.33. The topological polar surface area (TPSA) is 40.5 Å². The summed E-state index contributed by atoms with van der Waals surface area (Å²) in [7, 11) is 0. The second-order valence-electron chi connectivity index (χ2n) is 5.93. The van der Waals surface area contributed by atoms with Crippen molar-refractivity contribution in [2.75, 3.05) is 11.4 Å². The lowest BCUT2D eigenvalue weighted by atomic mass is 9.92. The Labute approximate surface area is 134 Å². The molecule has 3 nitrogen and oxygen atoms in total. The van der Waals surface area contributed by atoms with Gasteiger partial charge in [-0.1, -0.05) is 17.7 Å². The molecule has 112 valence electrons. The fourth-order valence-corrected chi connectivity index (χ4v) is 3.80. The van der Waals surface area contributed by atoms with Gasteiger partial charge in [0.25, 0.3) is 0 Å². The van der Waals surface area contributed by atoms with E-state index in [4.69, 9.17) is 11.6 Å². The SMILES string of the molecule is O=C1Cc2cc(-c3ccc(Cl)cc3CO)cc3c2N1CCC3. The number of halogens is 1. The van der Waals surface area contributed by atoms with Crippen molar-refractivity contribution < 1.29 is 9.90 Å². The number of aliphatic hydroxyl groups excluding tert-OH is 1. The second kappa shape index (κ2) is 5.11. The van der Waals surface area contributed by atoms with Crippen LogP contribution in [0.15, 0.2) is 30.3 Å². The normalized spacial score (nSPS) is 16.1. The summed E-state index contributed by atoms with van der Waals surface area (Å²) in [5.74, 6) is 0.201. The monoisotopic (exact) mass is 313 g/mol. The molecule has 0 saturated carbocycles. The first-order chi connectivity index (χ1) is 10.7. The van der Waals surface area contributed by atoms with Crippen LogP contribution in [-0.2, 0) is 24.2 Å². The van der Waals surface area contributed by atoms with Crippen molar-refractivity contribution in [3.8, 4) is 11.1 Å². The number of amides is 1. The number of nitrogens with zero attached hydrogens (tertiary/aromatic N) is 1. The van der Waals surface area contributed by atoms with Gasteiger partial charge in [-0.15, -0.1) is 0 Å². The van der Waals surface area contributed by atoms with Crippen LogP contribution in [0, 0.1) is 0 Å². The number of rotatable bonds is 2. The quantitative estimate of drug-likeness (QED) is 0.924. The Morgan fingerprint density at radius 1 is 1.18 bits per heavy atom. The van der Waals surface area contributed by atoms with Crippen LogP contribution in [0.25, 0.3) is 11.1 Å². The third-order valence-corrected chi connectivity index (χ3v) is 4.79.